The molecule has 1 unspecified atom stereocenters. The number of hydrogen-bond acceptors (Lipinski definition) is 3. The average molecular weight is 298 g/mol. The molecular weight excluding hydrogens is 285 g/mol. The summed E-state index contributed by atoms with van der Waals surface area (Å²) in [6.07, 6.45) is -6.04. The van der Waals surface area contributed by atoms with E-state index in [0.717, 1.165) is 6.07 Å². The van der Waals surface area contributed by atoms with Crippen molar-refractivity contribution in [3.63, 3.8) is 0 Å². The number of ether oxygens (including phenoxy) is 2. The third-order valence-corrected chi connectivity index (χ3v) is 2.87. The van der Waals surface area contributed by atoms with Crippen LogP contribution in [-0.2, 0) is 0 Å². The third kappa shape index (κ3) is 3.88. The molecule has 21 heavy (non-hydrogen) atoms. The monoisotopic (exact) mass is 298 g/mol. The van der Waals surface area contributed by atoms with Crippen molar-refractivity contribution in [2.75, 3.05) is 7.11 Å². The van der Waals surface area contributed by atoms with E-state index in [9.17, 15) is 18.3 Å². The minimum Gasteiger partial charge on any atom is -0.497 e. The Hall–Kier alpha value is -2.21. The highest BCUT2D eigenvalue weighted by molar-refractivity contribution is 5.41. The van der Waals surface area contributed by atoms with Gasteiger partial charge in [-0.05, 0) is 23.8 Å². The van der Waals surface area contributed by atoms with E-state index in [-0.39, 0.29) is 5.56 Å². The number of benzene rings is 2. The van der Waals surface area contributed by atoms with Gasteiger partial charge in [-0.3, -0.25) is 0 Å². The number of methoxy groups -OCH3 is 1. The minimum atomic E-state index is -4.81. The van der Waals surface area contributed by atoms with Gasteiger partial charge in [0.05, 0.1) is 7.11 Å². The van der Waals surface area contributed by atoms with Crippen molar-refractivity contribution < 1.29 is 27.8 Å². The number of aliphatic hydroxyl groups excluding tert-OH is 1. The van der Waals surface area contributed by atoms with Crippen molar-refractivity contribution in [2.24, 2.45) is 0 Å². The maximum Gasteiger partial charge on any atom is 0.573 e. The molecule has 3 nitrogen and oxygen atoms in total. The lowest BCUT2D eigenvalue weighted by molar-refractivity contribution is -0.275. The van der Waals surface area contributed by atoms with Crippen molar-refractivity contribution in [1.29, 1.82) is 0 Å². The smallest absolute Gasteiger partial charge is 0.497 e. The van der Waals surface area contributed by atoms with E-state index < -0.39 is 18.2 Å². The summed E-state index contributed by atoms with van der Waals surface area (Å²) in [5.41, 5.74) is 0.481. The van der Waals surface area contributed by atoms with Crippen molar-refractivity contribution in [1.82, 2.24) is 0 Å². The predicted molar refractivity (Wildman–Crippen MR) is 70.2 cm³/mol. The second-order valence-electron chi connectivity index (χ2n) is 4.26. The second kappa shape index (κ2) is 6.05. The molecule has 0 aliphatic heterocycles. The van der Waals surface area contributed by atoms with E-state index in [4.69, 9.17) is 4.74 Å². The Bertz CT molecular complexity index is 594. The Kier molecular flexibility index (Phi) is 4.37. The first-order chi connectivity index (χ1) is 9.90. The van der Waals surface area contributed by atoms with Crippen molar-refractivity contribution >= 4 is 0 Å². The topological polar surface area (TPSA) is 38.7 Å². The van der Waals surface area contributed by atoms with Gasteiger partial charge >= 0.3 is 6.36 Å². The Morgan fingerprint density at radius 1 is 1.00 bits per heavy atom. The van der Waals surface area contributed by atoms with Crippen LogP contribution in [0.5, 0.6) is 11.5 Å². The number of halogens is 3. The van der Waals surface area contributed by atoms with Crippen molar-refractivity contribution in [3.05, 3.63) is 59.7 Å². The Labute approximate surface area is 119 Å². The van der Waals surface area contributed by atoms with E-state index >= 15 is 0 Å². The van der Waals surface area contributed by atoms with E-state index in [2.05, 4.69) is 4.74 Å². The molecule has 1 N–H and O–H groups in total. The van der Waals surface area contributed by atoms with Crippen LogP contribution < -0.4 is 9.47 Å². The molecule has 0 bridgehead atoms. The predicted octanol–water partition coefficient (Wildman–Crippen LogP) is 3.68. The molecule has 0 spiro atoms. The summed E-state index contributed by atoms with van der Waals surface area (Å²) in [6.45, 7) is 0. The quantitative estimate of drug-likeness (QED) is 0.936. The fourth-order valence-electron chi connectivity index (χ4n) is 1.89. The molecule has 0 aliphatic carbocycles. The molecule has 2 aromatic carbocycles. The first kappa shape index (κ1) is 15.2. The fraction of sp³-hybridized carbons (Fsp3) is 0.200. The maximum atomic E-state index is 12.4. The molecule has 2 aromatic rings. The minimum absolute atomic E-state index is 0.0417. The zero-order chi connectivity index (χ0) is 15.5. The molecule has 0 saturated heterocycles. The highest BCUT2D eigenvalue weighted by Crippen LogP contribution is 2.33. The van der Waals surface area contributed by atoms with E-state index in [1.165, 1.54) is 25.3 Å². The standard InChI is InChI=1S/C15H13F3O3/c1-20-11-8-6-10(7-9-11)14(19)12-4-2-3-5-13(12)21-15(16,17)18/h2-9,14,19H,1H3. The van der Waals surface area contributed by atoms with Gasteiger partial charge in [-0.25, -0.2) is 0 Å². The van der Waals surface area contributed by atoms with Gasteiger partial charge in [-0.1, -0.05) is 30.3 Å². The Morgan fingerprint density at radius 2 is 1.62 bits per heavy atom. The van der Waals surface area contributed by atoms with Gasteiger partial charge in [0.15, 0.2) is 0 Å². The highest BCUT2D eigenvalue weighted by atomic mass is 19.4. The summed E-state index contributed by atoms with van der Waals surface area (Å²) in [7, 11) is 1.50. The van der Waals surface area contributed by atoms with Crippen LogP contribution in [0.25, 0.3) is 0 Å². The number of para-hydroxylation sites is 1. The first-order valence-corrected chi connectivity index (χ1v) is 6.07. The average Bonchev–Trinajstić information content (AvgIpc) is 2.45. The molecule has 2 rings (SSSR count). The van der Waals surface area contributed by atoms with Crippen molar-refractivity contribution in [3.8, 4) is 11.5 Å². The van der Waals surface area contributed by atoms with Crippen molar-refractivity contribution in [2.45, 2.75) is 12.5 Å². The zero-order valence-electron chi connectivity index (χ0n) is 11.1. The molecule has 0 radical (unpaired) electrons. The summed E-state index contributed by atoms with van der Waals surface area (Å²) >= 11 is 0. The molecule has 0 heterocycles. The highest BCUT2D eigenvalue weighted by Gasteiger charge is 2.32. The van der Waals surface area contributed by atoms with Gasteiger partial charge in [0.25, 0.3) is 0 Å². The molecule has 6 heteroatoms. The summed E-state index contributed by atoms with van der Waals surface area (Å²) in [6, 6.07) is 11.9. The fourth-order valence-corrected chi connectivity index (χ4v) is 1.89. The van der Waals surface area contributed by atoms with E-state index in [0.29, 0.717) is 11.3 Å². The lowest BCUT2D eigenvalue weighted by Crippen LogP contribution is -2.18. The molecular formula is C15H13F3O3. The number of hydrogen-bond donors (Lipinski definition) is 1. The molecule has 112 valence electrons. The Morgan fingerprint density at radius 3 is 2.19 bits per heavy atom. The summed E-state index contributed by atoms with van der Waals surface area (Å²) in [5.74, 6) is 0.166. The van der Waals surface area contributed by atoms with Gasteiger partial charge in [-0.15, -0.1) is 13.2 Å². The SMILES string of the molecule is COc1ccc(C(O)c2ccccc2OC(F)(F)F)cc1. The van der Waals surface area contributed by atoms with E-state index in [1.807, 2.05) is 0 Å². The van der Waals surface area contributed by atoms with Gasteiger partial charge < -0.3 is 14.6 Å². The number of alkyl halides is 3. The van der Waals surface area contributed by atoms with Crippen LogP contribution in [0.3, 0.4) is 0 Å². The molecule has 0 aromatic heterocycles. The molecule has 0 aliphatic rings. The largest absolute Gasteiger partial charge is 0.573 e. The second-order valence-corrected chi connectivity index (χ2v) is 4.26. The van der Waals surface area contributed by atoms with Gasteiger partial charge in [-0.2, -0.15) is 0 Å². The molecule has 0 amide bonds. The third-order valence-electron chi connectivity index (χ3n) is 2.87. The van der Waals surface area contributed by atoms with Gasteiger partial charge in [0, 0.05) is 5.56 Å². The van der Waals surface area contributed by atoms with E-state index in [1.54, 1.807) is 24.3 Å². The summed E-state index contributed by atoms with van der Waals surface area (Å²) in [5, 5.41) is 10.2. The van der Waals surface area contributed by atoms with Crippen LogP contribution in [0, 0.1) is 0 Å². The van der Waals surface area contributed by atoms with Crippen LogP contribution in [0.4, 0.5) is 13.2 Å². The normalized spacial score (nSPS) is 12.8. The summed E-state index contributed by atoms with van der Waals surface area (Å²) < 4.78 is 46.0. The van der Waals surface area contributed by atoms with Gasteiger partial charge in [0.1, 0.15) is 17.6 Å². The molecule has 0 fully saturated rings. The maximum absolute atomic E-state index is 12.4. The van der Waals surface area contributed by atoms with Crippen LogP contribution >= 0.6 is 0 Å². The zero-order valence-corrected chi connectivity index (χ0v) is 11.1. The van der Waals surface area contributed by atoms with Crippen LogP contribution in [0.15, 0.2) is 48.5 Å². The lowest BCUT2D eigenvalue weighted by atomic mass is 10.0. The van der Waals surface area contributed by atoms with Crippen LogP contribution in [-0.4, -0.2) is 18.6 Å². The molecule has 1 atom stereocenters. The summed E-state index contributed by atoms with van der Waals surface area (Å²) in [4.78, 5) is 0. The van der Waals surface area contributed by atoms with Crippen LogP contribution in [0.1, 0.15) is 17.2 Å². The number of aliphatic hydroxyl groups is 1. The lowest BCUT2D eigenvalue weighted by Gasteiger charge is -2.17. The van der Waals surface area contributed by atoms with Crippen LogP contribution in [0.2, 0.25) is 0 Å². The molecule has 0 saturated carbocycles. The number of rotatable bonds is 4. The first-order valence-electron chi connectivity index (χ1n) is 6.07. The Balaban J connectivity index is 2.31. The van der Waals surface area contributed by atoms with Gasteiger partial charge in [0.2, 0.25) is 0 Å².